The van der Waals surface area contributed by atoms with E-state index in [0.717, 1.165) is 12.1 Å². The zero-order valence-electron chi connectivity index (χ0n) is 13.3. The van der Waals surface area contributed by atoms with Crippen molar-refractivity contribution in [1.82, 2.24) is 0 Å². The maximum absolute atomic E-state index is 13.9. The Hall–Kier alpha value is -1.75. The molecule has 128 valence electrons. The topological polar surface area (TPSA) is 34.1 Å². The van der Waals surface area contributed by atoms with E-state index in [-0.39, 0.29) is 23.4 Å². The maximum Gasteiger partial charge on any atom is 0.178 e. The minimum absolute atomic E-state index is 0.0311. The molecule has 2 aromatic rings. The van der Waals surface area contributed by atoms with Gasteiger partial charge in [0.25, 0.3) is 0 Å². The molecule has 0 saturated heterocycles. The third-order valence-corrected chi connectivity index (χ3v) is 6.70. The summed E-state index contributed by atoms with van der Waals surface area (Å²) in [6, 6.07) is 12.0. The largest absolute Gasteiger partial charge is 0.224 e. The standard InChI is InChI=1S/C19H20F2O2S/c20-16-10-11-19(21)18(12-16)15-8-6-14(7-9-15)13-24(22,23)17-4-2-1-3-5-17/h1-5,10-12,14-15H,6-9,13H2. The van der Waals surface area contributed by atoms with Crippen LogP contribution in [0.5, 0.6) is 0 Å². The van der Waals surface area contributed by atoms with Crippen molar-refractivity contribution in [3.05, 3.63) is 65.7 Å². The van der Waals surface area contributed by atoms with Crippen molar-refractivity contribution in [2.75, 3.05) is 5.75 Å². The second kappa shape index (κ2) is 7.01. The molecule has 1 aliphatic rings. The van der Waals surface area contributed by atoms with Crippen LogP contribution in [0.25, 0.3) is 0 Å². The molecular formula is C19H20F2O2S. The molecule has 0 unspecified atom stereocenters. The van der Waals surface area contributed by atoms with Crippen molar-refractivity contribution in [1.29, 1.82) is 0 Å². The summed E-state index contributed by atoms with van der Waals surface area (Å²) in [5.74, 6) is -0.647. The lowest BCUT2D eigenvalue weighted by molar-refractivity contribution is 0.342. The van der Waals surface area contributed by atoms with E-state index in [1.165, 1.54) is 6.07 Å². The summed E-state index contributed by atoms with van der Waals surface area (Å²) in [6.45, 7) is 0. The first-order valence-electron chi connectivity index (χ1n) is 8.18. The number of benzene rings is 2. The Kier molecular flexibility index (Phi) is 4.99. The molecule has 24 heavy (non-hydrogen) atoms. The van der Waals surface area contributed by atoms with E-state index in [4.69, 9.17) is 0 Å². The molecule has 0 aliphatic heterocycles. The fourth-order valence-corrected chi connectivity index (χ4v) is 5.22. The SMILES string of the molecule is O=S(=O)(CC1CCC(c2cc(F)ccc2F)CC1)c1ccccc1. The van der Waals surface area contributed by atoms with E-state index in [9.17, 15) is 17.2 Å². The number of sulfone groups is 1. The predicted molar refractivity (Wildman–Crippen MR) is 89.6 cm³/mol. The van der Waals surface area contributed by atoms with Crippen LogP contribution in [0.15, 0.2) is 53.4 Å². The lowest BCUT2D eigenvalue weighted by Gasteiger charge is -2.28. The van der Waals surface area contributed by atoms with Gasteiger partial charge in [-0.1, -0.05) is 18.2 Å². The van der Waals surface area contributed by atoms with Crippen LogP contribution in [-0.2, 0) is 9.84 Å². The van der Waals surface area contributed by atoms with E-state index < -0.39 is 15.7 Å². The fourth-order valence-electron chi connectivity index (χ4n) is 3.50. The highest BCUT2D eigenvalue weighted by atomic mass is 32.2. The molecule has 0 radical (unpaired) electrons. The molecule has 0 spiro atoms. The first-order chi connectivity index (χ1) is 11.5. The van der Waals surface area contributed by atoms with Gasteiger partial charge in [-0.3, -0.25) is 0 Å². The van der Waals surface area contributed by atoms with Gasteiger partial charge in [0, 0.05) is 0 Å². The molecule has 3 rings (SSSR count). The highest BCUT2D eigenvalue weighted by molar-refractivity contribution is 7.91. The van der Waals surface area contributed by atoms with E-state index >= 15 is 0 Å². The van der Waals surface area contributed by atoms with Crippen molar-refractivity contribution >= 4 is 9.84 Å². The molecule has 0 heterocycles. The Morgan fingerprint density at radius 2 is 1.58 bits per heavy atom. The highest BCUT2D eigenvalue weighted by Gasteiger charge is 2.28. The predicted octanol–water partition coefficient (Wildman–Crippen LogP) is 4.71. The molecule has 5 heteroatoms. The average molecular weight is 350 g/mol. The van der Waals surface area contributed by atoms with E-state index in [2.05, 4.69) is 0 Å². The Morgan fingerprint density at radius 1 is 0.917 bits per heavy atom. The molecule has 0 aromatic heterocycles. The van der Waals surface area contributed by atoms with Crippen LogP contribution in [0.2, 0.25) is 0 Å². The number of hydrogen-bond donors (Lipinski definition) is 0. The highest BCUT2D eigenvalue weighted by Crippen LogP contribution is 2.38. The summed E-state index contributed by atoms with van der Waals surface area (Å²) in [6.07, 6.45) is 2.81. The van der Waals surface area contributed by atoms with Gasteiger partial charge in [0.05, 0.1) is 10.6 Å². The lowest BCUT2D eigenvalue weighted by Crippen LogP contribution is -2.22. The van der Waals surface area contributed by atoms with Crippen LogP contribution < -0.4 is 0 Å². The molecule has 2 nitrogen and oxygen atoms in total. The quantitative estimate of drug-likeness (QED) is 0.800. The first kappa shape index (κ1) is 17.1. The van der Waals surface area contributed by atoms with Gasteiger partial charge < -0.3 is 0 Å². The second-order valence-electron chi connectivity index (χ2n) is 6.48. The van der Waals surface area contributed by atoms with Gasteiger partial charge in [-0.15, -0.1) is 0 Å². The summed E-state index contributed by atoms with van der Waals surface area (Å²) in [7, 11) is -3.29. The summed E-state index contributed by atoms with van der Waals surface area (Å²) in [5.41, 5.74) is 0.416. The zero-order valence-corrected chi connectivity index (χ0v) is 14.1. The maximum atomic E-state index is 13.9. The number of hydrogen-bond acceptors (Lipinski definition) is 2. The Bertz CT molecular complexity index is 795. The van der Waals surface area contributed by atoms with Crippen LogP contribution >= 0.6 is 0 Å². The number of rotatable bonds is 4. The van der Waals surface area contributed by atoms with Crippen molar-refractivity contribution in [2.24, 2.45) is 5.92 Å². The lowest BCUT2D eigenvalue weighted by atomic mass is 9.79. The number of halogens is 2. The molecule has 1 saturated carbocycles. The second-order valence-corrected chi connectivity index (χ2v) is 8.51. The van der Waals surface area contributed by atoms with E-state index in [0.29, 0.717) is 36.1 Å². The van der Waals surface area contributed by atoms with Gasteiger partial charge in [0.15, 0.2) is 9.84 Å². The van der Waals surface area contributed by atoms with Crippen molar-refractivity contribution in [2.45, 2.75) is 36.5 Å². The van der Waals surface area contributed by atoms with Gasteiger partial charge in [0.2, 0.25) is 0 Å². The fraction of sp³-hybridized carbons (Fsp3) is 0.368. The normalized spacial score (nSPS) is 21.6. The summed E-state index contributed by atoms with van der Waals surface area (Å²) < 4.78 is 52.1. The smallest absolute Gasteiger partial charge is 0.178 e. The van der Waals surface area contributed by atoms with Crippen LogP contribution in [0.1, 0.15) is 37.2 Å². The minimum Gasteiger partial charge on any atom is -0.224 e. The summed E-state index contributed by atoms with van der Waals surface area (Å²) >= 11 is 0. The first-order valence-corrected chi connectivity index (χ1v) is 9.83. The Morgan fingerprint density at radius 3 is 2.25 bits per heavy atom. The molecular weight excluding hydrogens is 330 g/mol. The molecule has 0 bridgehead atoms. The third-order valence-electron chi connectivity index (χ3n) is 4.80. The van der Waals surface area contributed by atoms with Gasteiger partial charge in [-0.05, 0) is 73.4 Å². The van der Waals surface area contributed by atoms with Crippen molar-refractivity contribution in [3.8, 4) is 0 Å². The van der Waals surface area contributed by atoms with E-state index in [1.54, 1.807) is 30.3 Å². The van der Waals surface area contributed by atoms with Gasteiger partial charge in [-0.25, -0.2) is 17.2 Å². The monoisotopic (exact) mass is 350 g/mol. The van der Waals surface area contributed by atoms with E-state index in [1.807, 2.05) is 0 Å². The Labute approximate surface area is 141 Å². The van der Waals surface area contributed by atoms with Crippen molar-refractivity contribution < 1.29 is 17.2 Å². The van der Waals surface area contributed by atoms with Crippen LogP contribution in [0.4, 0.5) is 8.78 Å². The third kappa shape index (κ3) is 3.83. The molecule has 1 fully saturated rings. The van der Waals surface area contributed by atoms with Gasteiger partial charge in [0.1, 0.15) is 11.6 Å². The van der Waals surface area contributed by atoms with Crippen LogP contribution in [0.3, 0.4) is 0 Å². The van der Waals surface area contributed by atoms with Gasteiger partial charge >= 0.3 is 0 Å². The molecule has 2 aromatic carbocycles. The summed E-state index contributed by atoms with van der Waals surface area (Å²) in [5, 5.41) is 0. The average Bonchev–Trinajstić information content (AvgIpc) is 2.58. The molecule has 0 atom stereocenters. The summed E-state index contributed by atoms with van der Waals surface area (Å²) in [4.78, 5) is 0.350. The molecule has 1 aliphatic carbocycles. The van der Waals surface area contributed by atoms with Gasteiger partial charge in [-0.2, -0.15) is 0 Å². The van der Waals surface area contributed by atoms with Crippen LogP contribution in [-0.4, -0.2) is 14.2 Å². The minimum atomic E-state index is -3.29. The molecule has 0 amide bonds. The van der Waals surface area contributed by atoms with Crippen molar-refractivity contribution in [3.63, 3.8) is 0 Å². The zero-order chi connectivity index (χ0) is 17.2. The van der Waals surface area contributed by atoms with Crippen LogP contribution in [0, 0.1) is 17.6 Å². The Balaban J connectivity index is 1.64. The molecule has 0 N–H and O–H groups in total.